The Balaban J connectivity index is 1.83. The first-order valence-electron chi connectivity index (χ1n) is 7.17. The second kappa shape index (κ2) is 8.64. The summed E-state index contributed by atoms with van der Waals surface area (Å²) in [4.78, 5) is 10.6. The molecule has 0 amide bonds. The van der Waals surface area contributed by atoms with E-state index in [2.05, 4.69) is 15.8 Å². The Morgan fingerprint density at radius 2 is 1.88 bits per heavy atom. The van der Waals surface area contributed by atoms with Crippen LogP contribution < -0.4 is 20.6 Å². The lowest BCUT2D eigenvalue weighted by molar-refractivity contribution is -0.312. The van der Waals surface area contributed by atoms with E-state index >= 15 is 0 Å². The molecule has 0 saturated carbocycles. The maximum Gasteiger partial charge on any atom is 0.191 e. The smallest absolute Gasteiger partial charge is 0.191 e. The number of hydrazone groups is 1. The van der Waals surface area contributed by atoms with Gasteiger partial charge in [0.05, 0.1) is 12.2 Å². The fraction of sp³-hybridized carbons (Fsp3) is 0.118. The first kappa shape index (κ1) is 17.4. The molecule has 124 valence electrons. The number of nitrogens with zero attached hydrogens (tertiary/aromatic N) is 1. The SMILES string of the molecule is C[C@@H](Oc1ccc(/C=N\NC(=S)Nc2ccccc2)cc1)C(=O)[O-]. The summed E-state index contributed by atoms with van der Waals surface area (Å²) in [7, 11) is 0. The predicted molar refractivity (Wildman–Crippen MR) is 94.9 cm³/mol. The Kier molecular flexibility index (Phi) is 6.27. The van der Waals surface area contributed by atoms with Crippen LogP contribution in [-0.4, -0.2) is 23.4 Å². The molecule has 0 aliphatic rings. The molecule has 2 N–H and O–H groups in total. The van der Waals surface area contributed by atoms with E-state index in [1.54, 1.807) is 30.5 Å². The molecule has 2 aromatic carbocycles. The summed E-state index contributed by atoms with van der Waals surface area (Å²) in [6.45, 7) is 1.41. The Morgan fingerprint density at radius 1 is 1.21 bits per heavy atom. The minimum absolute atomic E-state index is 0.375. The highest BCUT2D eigenvalue weighted by molar-refractivity contribution is 7.80. The first-order valence-corrected chi connectivity index (χ1v) is 7.58. The van der Waals surface area contributed by atoms with Crippen LogP contribution in [0, 0.1) is 0 Å². The van der Waals surface area contributed by atoms with Crippen molar-refractivity contribution in [3.63, 3.8) is 0 Å². The lowest BCUT2D eigenvalue weighted by atomic mass is 10.2. The van der Waals surface area contributed by atoms with Crippen molar-refractivity contribution in [1.82, 2.24) is 5.43 Å². The topological polar surface area (TPSA) is 85.8 Å². The van der Waals surface area contributed by atoms with E-state index in [0.29, 0.717) is 10.9 Å². The van der Waals surface area contributed by atoms with Gasteiger partial charge < -0.3 is 20.0 Å². The van der Waals surface area contributed by atoms with Gasteiger partial charge in [-0.1, -0.05) is 18.2 Å². The molecule has 1 atom stereocenters. The number of aliphatic carboxylic acids is 1. The summed E-state index contributed by atoms with van der Waals surface area (Å²) in [5, 5.41) is 18.0. The third-order valence-corrected chi connectivity index (χ3v) is 3.13. The van der Waals surface area contributed by atoms with Gasteiger partial charge in [-0.15, -0.1) is 0 Å². The van der Waals surface area contributed by atoms with Crippen molar-refractivity contribution in [2.45, 2.75) is 13.0 Å². The summed E-state index contributed by atoms with van der Waals surface area (Å²) in [6.07, 6.45) is 0.581. The standard InChI is InChI=1S/C17H17N3O3S/c1-12(16(21)22)23-15-9-7-13(8-10-15)11-18-20-17(24)19-14-5-3-2-4-6-14/h2-12H,1H3,(H,21,22)(H2,19,20,24)/p-1/b18-11-/t12-/m1/s1. The van der Waals surface area contributed by atoms with Gasteiger partial charge >= 0.3 is 0 Å². The van der Waals surface area contributed by atoms with Crippen molar-refractivity contribution < 1.29 is 14.6 Å². The molecule has 0 heterocycles. The number of carbonyl (C=O) groups excluding carboxylic acids is 1. The summed E-state index contributed by atoms with van der Waals surface area (Å²) in [6, 6.07) is 16.3. The number of ether oxygens (including phenoxy) is 1. The third-order valence-electron chi connectivity index (χ3n) is 2.94. The molecule has 2 aromatic rings. The zero-order valence-corrected chi connectivity index (χ0v) is 13.7. The Hall–Kier alpha value is -2.93. The largest absolute Gasteiger partial charge is 0.546 e. The number of thiocarbonyl (C=S) groups is 1. The van der Waals surface area contributed by atoms with E-state index in [9.17, 15) is 9.90 Å². The fourth-order valence-corrected chi connectivity index (χ4v) is 1.90. The van der Waals surface area contributed by atoms with Gasteiger partial charge in [0.15, 0.2) is 5.11 Å². The number of carboxylic acids is 1. The molecule has 0 radical (unpaired) electrons. The molecular weight excluding hydrogens is 326 g/mol. The molecule has 0 fully saturated rings. The first-order chi connectivity index (χ1) is 11.5. The van der Waals surface area contributed by atoms with E-state index < -0.39 is 12.1 Å². The molecule has 0 spiro atoms. The second-order valence-corrected chi connectivity index (χ2v) is 5.25. The van der Waals surface area contributed by atoms with Crippen molar-refractivity contribution >= 4 is 35.2 Å². The van der Waals surface area contributed by atoms with Crippen LogP contribution in [0.2, 0.25) is 0 Å². The average Bonchev–Trinajstić information content (AvgIpc) is 2.57. The van der Waals surface area contributed by atoms with Crippen LogP contribution in [0.15, 0.2) is 59.7 Å². The summed E-state index contributed by atoms with van der Waals surface area (Å²) in [5.74, 6) is -0.817. The van der Waals surface area contributed by atoms with Crippen LogP contribution >= 0.6 is 12.2 Å². The van der Waals surface area contributed by atoms with Gasteiger partial charge in [-0.25, -0.2) is 0 Å². The number of anilines is 1. The van der Waals surface area contributed by atoms with Gasteiger partial charge in [0.1, 0.15) is 11.9 Å². The molecule has 0 aliphatic heterocycles. The Bertz CT molecular complexity index is 718. The molecule has 0 aliphatic carbocycles. The molecule has 0 saturated heterocycles. The van der Waals surface area contributed by atoms with Crippen molar-refractivity contribution in [1.29, 1.82) is 0 Å². The Labute approximate surface area is 145 Å². The predicted octanol–water partition coefficient (Wildman–Crippen LogP) is 1.52. The van der Waals surface area contributed by atoms with Crippen LogP contribution in [-0.2, 0) is 4.79 Å². The molecule has 0 bridgehead atoms. The van der Waals surface area contributed by atoms with Crippen LogP contribution in [0.5, 0.6) is 5.75 Å². The van der Waals surface area contributed by atoms with Crippen LogP contribution in [0.3, 0.4) is 0 Å². The van der Waals surface area contributed by atoms with Crippen LogP contribution in [0.25, 0.3) is 0 Å². The highest BCUT2D eigenvalue weighted by atomic mass is 32.1. The molecule has 7 heteroatoms. The number of nitrogens with one attached hydrogen (secondary N) is 2. The molecule has 6 nitrogen and oxygen atoms in total. The van der Waals surface area contributed by atoms with E-state index in [1.807, 2.05) is 30.3 Å². The lowest BCUT2D eigenvalue weighted by Gasteiger charge is -2.15. The zero-order valence-electron chi connectivity index (χ0n) is 12.9. The van der Waals surface area contributed by atoms with Gasteiger partial charge in [0.2, 0.25) is 0 Å². The highest BCUT2D eigenvalue weighted by Gasteiger charge is 2.04. The van der Waals surface area contributed by atoms with Crippen molar-refractivity contribution in [2.75, 3.05) is 5.32 Å². The zero-order chi connectivity index (χ0) is 17.4. The van der Waals surface area contributed by atoms with Crippen molar-refractivity contribution in [3.8, 4) is 5.75 Å². The van der Waals surface area contributed by atoms with E-state index in [1.165, 1.54) is 6.92 Å². The van der Waals surface area contributed by atoms with Gasteiger partial charge in [-0.2, -0.15) is 5.10 Å². The highest BCUT2D eigenvalue weighted by Crippen LogP contribution is 2.12. The number of hydrogen-bond acceptors (Lipinski definition) is 5. The van der Waals surface area contributed by atoms with Gasteiger partial charge in [-0.3, -0.25) is 5.43 Å². The summed E-state index contributed by atoms with van der Waals surface area (Å²) < 4.78 is 5.19. The Morgan fingerprint density at radius 3 is 2.50 bits per heavy atom. The summed E-state index contributed by atoms with van der Waals surface area (Å²) >= 11 is 5.13. The minimum Gasteiger partial charge on any atom is -0.546 e. The van der Waals surface area contributed by atoms with E-state index in [-0.39, 0.29) is 0 Å². The molecule has 0 unspecified atom stereocenters. The fourth-order valence-electron chi connectivity index (χ4n) is 1.73. The second-order valence-electron chi connectivity index (χ2n) is 4.84. The number of carbonyl (C=O) groups is 1. The molecular formula is C17H16N3O3S-. The number of carboxylic acid groups (broad SMARTS) is 1. The van der Waals surface area contributed by atoms with Crippen LogP contribution in [0.4, 0.5) is 5.69 Å². The van der Waals surface area contributed by atoms with Crippen molar-refractivity contribution in [2.24, 2.45) is 5.10 Å². The normalized spacial score (nSPS) is 11.7. The van der Waals surface area contributed by atoms with Gasteiger partial charge in [-0.05, 0) is 61.1 Å². The van der Waals surface area contributed by atoms with E-state index in [0.717, 1.165) is 11.3 Å². The minimum atomic E-state index is -1.26. The van der Waals surface area contributed by atoms with Gasteiger partial charge in [0.25, 0.3) is 0 Å². The molecule has 2 rings (SSSR count). The third kappa shape index (κ3) is 5.69. The van der Waals surface area contributed by atoms with Crippen LogP contribution in [0.1, 0.15) is 12.5 Å². The number of rotatable bonds is 6. The monoisotopic (exact) mass is 342 g/mol. The number of para-hydroxylation sites is 1. The quantitative estimate of drug-likeness (QED) is 0.470. The molecule has 0 aromatic heterocycles. The van der Waals surface area contributed by atoms with Gasteiger partial charge in [0, 0.05) is 5.69 Å². The van der Waals surface area contributed by atoms with Crippen molar-refractivity contribution in [3.05, 3.63) is 60.2 Å². The average molecular weight is 342 g/mol. The number of hydrogen-bond donors (Lipinski definition) is 2. The lowest BCUT2D eigenvalue weighted by Crippen LogP contribution is -2.37. The summed E-state index contributed by atoms with van der Waals surface area (Å²) in [5.41, 5.74) is 4.39. The maximum absolute atomic E-state index is 10.6. The molecule has 24 heavy (non-hydrogen) atoms. The number of benzene rings is 2. The maximum atomic E-state index is 10.6. The van der Waals surface area contributed by atoms with E-state index in [4.69, 9.17) is 17.0 Å².